The number of hydrogen-bond donors (Lipinski definition) is 2. The molecule has 0 spiro atoms. The van der Waals surface area contributed by atoms with E-state index in [2.05, 4.69) is 0 Å². The molecule has 0 unspecified atom stereocenters. The van der Waals surface area contributed by atoms with Crippen LogP contribution in [0.4, 0.5) is 4.79 Å². The highest BCUT2D eigenvalue weighted by Crippen LogP contribution is 2.29. The molecule has 0 aliphatic carbocycles. The Morgan fingerprint density at radius 3 is 2.55 bits per heavy atom. The molecule has 20 heavy (non-hydrogen) atoms. The Balaban J connectivity index is 1.96. The van der Waals surface area contributed by atoms with Crippen LogP contribution in [0.25, 0.3) is 0 Å². The minimum Gasteiger partial charge on any atom is -0.465 e. The first-order valence-corrected chi connectivity index (χ1v) is 6.75. The first-order chi connectivity index (χ1) is 9.38. The predicted octanol–water partition coefficient (Wildman–Crippen LogP) is 2.10. The number of aliphatic hydroxyl groups is 1. The van der Waals surface area contributed by atoms with Gasteiger partial charge in [-0.15, -0.1) is 0 Å². The molecule has 0 radical (unpaired) electrons. The van der Waals surface area contributed by atoms with E-state index >= 15 is 0 Å². The van der Waals surface area contributed by atoms with Crippen molar-refractivity contribution < 1.29 is 19.7 Å². The zero-order valence-corrected chi connectivity index (χ0v) is 11.8. The summed E-state index contributed by atoms with van der Waals surface area (Å²) in [6.07, 6.45) is -0.673. The predicted molar refractivity (Wildman–Crippen MR) is 74.5 cm³/mol. The van der Waals surface area contributed by atoms with Crippen LogP contribution in [0.5, 0.6) is 0 Å². The van der Waals surface area contributed by atoms with E-state index in [4.69, 9.17) is 4.74 Å². The van der Waals surface area contributed by atoms with Gasteiger partial charge >= 0.3 is 6.09 Å². The molecule has 0 aromatic heterocycles. The van der Waals surface area contributed by atoms with Gasteiger partial charge in [0.15, 0.2) is 0 Å². The summed E-state index contributed by atoms with van der Waals surface area (Å²) in [5, 5.41) is 19.3. The second-order valence-corrected chi connectivity index (χ2v) is 5.76. The average Bonchev–Trinajstić information content (AvgIpc) is 2.82. The molecule has 5 heteroatoms. The normalized spacial score (nSPS) is 23.1. The van der Waals surface area contributed by atoms with Crippen LogP contribution >= 0.6 is 0 Å². The minimum absolute atomic E-state index is 0.178. The molecule has 1 aromatic rings. The number of nitrogens with zero attached hydrogens (tertiary/aromatic N) is 1. The number of hydrogen-bond acceptors (Lipinski definition) is 3. The zero-order chi connectivity index (χ0) is 14.8. The van der Waals surface area contributed by atoms with Crippen molar-refractivity contribution in [2.75, 3.05) is 6.54 Å². The Kier molecular flexibility index (Phi) is 4.30. The van der Waals surface area contributed by atoms with Gasteiger partial charge in [0.1, 0.15) is 0 Å². The lowest BCUT2D eigenvalue weighted by atomic mass is 9.96. The third kappa shape index (κ3) is 3.49. The van der Waals surface area contributed by atoms with Crippen LogP contribution < -0.4 is 0 Å². The van der Waals surface area contributed by atoms with Gasteiger partial charge in [-0.05, 0) is 25.8 Å². The zero-order valence-electron chi connectivity index (χ0n) is 11.8. The van der Waals surface area contributed by atoms with E-state index in [0.717, 1.165) is 5.56 Å². The van der Waals surface area contributed by atoms with Crippen LogP contribution in [-0.4, -0.2) is 45.5 Å². The molecule has 1 aliphatic rings. The molecule has 1 saturated heterocycles. The Morgan fingerprint density at radius 2 is 2.05 bits per heavy atom. The molecule has 110 valence electrons. The van der Waals surface area contributed by atoms with Gasteiger partial charge in [0.25, 0.3) is 0 Å². The molecular weight excluding hydrogens is 258 g/mol. The first-order valence-electron chi connectivity index (χ1n) is 6.75. The maximum Gasteiger partial charge on any atom is 0.407 e. The quantitative estimate of drug-likeness (QED) is 0.885. The molecule has 1 aliphatic heterocycles. The lowest BCUT2D eigenvalue weighted by Crippen LogP contribution is -2.47. The van der Waals surface area contributed by atoms with Crippen LogP contribution in [0.3, 0.4) is 0 Å². The Bertz CT molecular complexity index is 455. The number of amides is 1. The topological polar surface area (TPSA) is 70.0 Å². The summed E-state index contributed by atoms with van der Waals surface area (Å²) < 4.78 is 5.78. The third-order valence-corrected chi connectivity index (χ3v) is 3.65. The Hall–Kier alpha value is -1.59. The summed E-state index contributed by atoms with van der Waals surface area (Å²) in [6.45, 7) is 4.02. The molecule has 5 nitrogen and oxygen atoms in total. The average molecular weight is 279 g/mol. The van der Waals surface area contributed by atoms with Crippen molar-refractivity contribution in [1.82, 2.24) is 4.90 Å². The van der Waals surface area contributed by atoms with E-state index in [1.807, 2.05) is 30.3 Å². The Morgan fingerprint density at radius 1 is 1.40 bits per heavy atom. The van der Waals surface area contributed by atoms with Gasteiger partial charge in [0.05, 0.1) is 30.9 Å². The van der Waals surface area contributed by atoms with Crippen LogP contribution in [0, 0.1) is 0 Å². The van der Waals surface area contributed by atoms with E-state index in [0.29, 0.717) is 19.6 Å². The summed E-state index contributed by atoms with van der Waals surface area (Å²) >= 11 is 0. The van der Waals surface area contributed by atoms with Gasteiger partial charge in [-0.25, -0.2) is 4.79 Å². The van der Waals surface area contributed by atoms with Crippen molar-refractivity contribution >= 4 is 6.09 Å². The van der Waals surface area contributed by atoms with Gasteiger partial charge < -0.3 is 14.9 Å². The molecule has 2 atom stereocenters. The van der Waals surface area contributed by atoms with Gasteiger partial charge in [0.2, 0.25) is 0 Å². The van der Waals surface area contributed by atoms with Gasteiger partial charge in [-0.1, -0.05) is 30.3 Å². The maximum absolute atomic E-state index is 11.2. The summed E-state index contributed by atoms with van der Waals surface area (Å²) in [5.41, 5.74) is -0.00966. The van der Waals surface area contributed by atoms with E-state index in [1.165, 1.54) is 4.90 Å². The van der Waals surface area contributed by atoms with Crippen LogP contribution in [0.15, 0.2) is 30.3 Å². The SMILES string of the molecule is CC(C)(O)[C@@H]1C[C@@H](OCc2ccccc2)CN1C(=O)O. The fourth-order valence-corrected chi connectivity index (χ4v) is 2.59. The van der Waals surface area contributed by atoms with E-state index in [9.17, 15) is 15.0 Å². The fraction of sp³-hybridized carbons (Fsp3) is 0.533. The summed E-state index contributed by atoms with van der Waals surface area (Å²) in [4.78, 5) is 12.5. The Labute approximate surface area is 118 Å². The monoisotopic (exact) mass is 279 g/mol. The van der Waals surface area contributed by atoms with E-state index in [-0.39, 0.29) is 6.10 Å². The highest BCUT2D eigenvalue weighted by Gasteiger charge is 2.43. The summed E-state index contributed by atoms with van der Waals surface area (Å²) in [7, 11) is 0. The molecule has 2 rings (SSSR count). The minimum atomic E-state index is -1.07. The van der Waals surface area contributed by atoms with Gasteiger partial charge in [0, 0.05) is 0 Å². The van der Waals surface area contributed by atoms with Crippen molar-refractivity contribution in [2.24, 2.45) is 0 Å². The molecule has 1 fully saturated rings. The highest BCUT2D eigenvalue weighted by molar-refractivity contribution is 5.66. The molecule has 2 N–H and O–H groups in total. The smallest absolute Gasteiger partial charge is 0.407 e. The molecular formula is C15H21NO4. The third-order valence-electron chi connectivity index (χ3n) is 3.65. The molecule has 1 heterocycles. The van der Waals surface area contributed by atoms with Crippen molar-refractivity contribution in [1.29, 1.82) is 0 Å². The number of likely N-dealkylation sites (tertiary alicyclic amines) is 1. The summed E-state index contributed by atoms with van der Waals surface area (Å²) in [5.74, 6) is 0. The highest BCUT2D eigenvalue weighted by atomic mass is 16.5. The van der Waals surface area contributed by atoms with Crippen molar-refractivity contribution in [2.45, 2.75) is 44.6 Å². The molecule has 0 saturated carbocycles. The van der Waals surface area contributed by atoms with Gasteiger partial charge in [-0.2, -0.15) is 0 Å². The molecule has 1 aromatic carbocycles. The van der Waals surface area contributed by atoms with Crippen molar-refractivity contribution in [3.8, 4) is 0 Å². The number of rotatable bonds is 4. The van der Waals surface area contributed by atoms with Gasteiger partial charge in [-0.3, -0.25) is 4.90 Å². The number of carboxylic acid groups (broad SMARTS) is 1. The summed E-state index contributed by atoms with van der Waals surface area (Å²) in [6, 6.07) is 9.33. The molecule has 1 amide bonds. The van der Waals surface area contributed by atoms with Crippen molar-refractivity contribution in [3.63, 3.8) is 0 Å². The lowest BCUT2D eigenvalue weighted by molar-refractivity contribution is 0.000196. The maximum atomic E-state index is 11.2. The first kappa shape index (κ1) is 14.8. The van der Waals surface area contributed by atoms with Crippen LogP contribution in [0.1, 0.15) is 25.8 Å². The van der Waals surface area contributed by atoms with Crippen molar-refractivity contribution in [3.05, 3.63) is 35.9 Å². The second kappa shape index (κ2) is 5.81. The van der Waals surface area contributed by atoms with E-state index < -0.39 is 17.7 Å². The lowest BCUT2D eigenvalue weighted by Gasteiger charge is -2.31. The largest absolute Gasteiger partial charge is 0.465 e. The number of ether oxygens (including phenoxy) is 1. The standard InChI is InChI=1S/C15H21NO4/c1-15(2,19)13-8-12(9-16(13)14(17)18)20-10-11-6-4-3-5-7-11/h3-7,12-13,19H,8-10H2,1-2H3,(H,17,18)/t12-,13+/m1/s1. The number of carbonyl (C=O) groups is 1. The van der Waals surface area contributed by atoms with E-state index in [1.54, 1.807) is 13.8 Å². The van der Waals surface area contributed by atoms with Crippen LogP contribution in [0.2, 0.25) is 0 Å². The number of benzene rings is 1. The molecule has 0 bridgehead atoms. The fourth-order valence-electron chi connectivity index (χ4n) is 2.59. The second-order valence-electron chi connectivity index (χ2n) is 5.76. The van der Waals surface area contributed by atoms with Crippen LogP contribution in [-0.2, 0) is 11.3 Å².